The second kappa shape index (κ2) is 6.84. The second-order valence-electron chi connectivity index (χ2n) is 5.42. The van der Waals surface area contributed by atoms with Gasteiger partial charge in [0.2, 0.25) is 5.91 Å². The van der Waals surface area contributed by atoms with Gasteiger partial charge in [-0.1, -0.05) is 18.2 Å². The number of carbonyl (C=O) groups is 1. The first kappa shape index (κ1) is 16.2. The molecule has 7 heteroatoms. The van der Waals surface area contributed by atoms with E-state index < -0.39 is 11.1 Å². The molecule has 0 saturated heterocycles. The SMILES string of the molecule is Cn1c(=O)c(=O)n(CC(=O)NCCc2cccs2)c2ccccc21. The number of benzene rings is 1. The van der Waals surface area contributed by atoms with Gasteiger partial charge in [0.1, 0.15) is 6.54 Å². The Labute approximate surface area is 142 Å². The summed E-state index contributed by atoms with van der Waals surface area (Å²) in [5.41, 5.74) is -0.142. The molecule has 0 aliphatic heterocycles. The standard InChI is InChI=1S/C17H17N3O3S/c1-19-13-6-2-3-7-14(13)20(17(23)16(19)22)11-15(21)18-9-8-12-5-4-10-24-12/h2-7,10H,8-9,11H2,1H3,(H,18,21). The molecule has 6 nitrogen and oxygen atoms in total. The Morgan fingerprint density at radius 2 is 1.83 bits per heavy atom. The molecule has 0 bridgehead atoms. The van der Waals surface area contributed by atoms with Crippen LogP contribution in [0.1, 0.15) is 4.88 Å². The summed E-state index contributed by atoms with van der Waals surface area (Å²) in [6.07, 6.45) is 0.746. The molecule has 1 N–H and O–H groups in total. The van der Waals surface area contributed by atoms with Crippen LogP contribution < -0.4 is 16.4 Å². The number of thiophene rings is 1. The van der Waals surface area contributed by atoms with Crippen molar-refractivity contribution in [3.63, 3.8) is 0 Å². The van der Waals surface area contributed by atoms with Crippen LogP contribution in [0.4, 0.5) is 0 Å². The van der Waals surface area contributed by atoms with E-state index in [-0.39, 0.29) is 12.5 Å². The molecular weight excluding hydrogens is 326 g/mol. The largest absolute Gasteiger partial charge is 0.354 e. The Bertz CT molecular complexity index is 986. The number of hydrogen-bond acceptors (Lipinski definition) is 4. The van der Waals surface area contributed by atoms with Gasteiger partial charge in [0.05, 0.1) is 11.0 Å². The van der Waals surface area contributed by atoms with E-state index in [9.17, 15) is 14.4 Å². The fraction of sp³-hybridized carbons (Fsp3) is 0.235. The first-order valence-corrected chi connectivity index (χ1v) is 8.43. The number of rotatable bonds is 5. The lowest BCUT2D eigenvalue weighted by atomic mass is 10.3. The number of hydrogen-bond donors (Lipinski definition) is 1. The van der Waals surface area contributed by atoms with E-state index in [1.165, 1.54) is 14.0 Å². The van der Waals surface area contributed by atoms with Crippen LogP contribution >= 0.6 is 11.3 Å². The van der Waals surface area contributed by atoms with E-state index in [4.69, 9.17) is 0 Å². The number of aromatic nitrogens is 2. The van der Waals surface area contributed by atoms with Crippen molar-refractivity contribution >= 4 is 28.3 Å². The molecule has 1 amide bonds. The van der Waals surface area contributed by atoms with E-state index in [1.54, 1.807) is 42.6 Å². The van der Waals surface area contributed by atoms with Gasteiger partial charge in [-0.05, 0) is 30.0 Å². The molecule has 2 aromatic heterocycles. The third kappa shape index (κ3) is 3.16. The predicted molar refractivity (Wildman–Crippen MR) is 94.5 cm³/mol. The molecule has 0 spiro atoms. The highest BCUT2D eigenvalue weighted by Crippen LogP contribution is 2.09. The van der Waals surface area contributed by atoms with Gasteiger partial charge in [0, 0.05) is 18.5 Å². The maximum absolute atomic E-state index is 12.3. The highest BCUT2D eigenvalue weighted by molar-refractivity contribution is 7.09. The van der Waals surface area contributed by atoms with Crippen molar-refractivity contribution in [2.24, 2.45) is 7.05 Å². The predicted octanol–water partition coefficient (Wildman–Crippen LogP) is 1.12. The summed E-state index contributed by atoms with van der Waals surface area (Å²) < 4.78 is 2.54. The summed E-state index contributed by atoms with van der Waals surface area (Å²) in [5, 5.41) is 4.78. The monoisotopic (exact) mass is 343 g/mol. The summed E-state index contributed by atoms with van der Waals surface area (Å²) in [4.78, 5) is 37.6. The van der Waals surface area contributed by atoms with Gasteiger partial charge in [0.15, 0.2) is 0 Å². The zero-order chi connectivity index (χ0) is 17.1. The van der Waals surface area contributed by atoms with Crippen molar-refractivity contribution in [2.45, 2.75) is 13.0 Å². The number of nitrogens with one attached hydrogen (secondary N) is 1. The van der Waals surface area contributed by atoms with Crippen LogP contribution in [0.25, 0.3) is 11.0 Å². The lowest BCUT2D eigenvalue weighted by Crippen LogP contribution is -2.43. The van der Waals surface area contributed by atoms with Gasteiger partial charge in [0.25, 0.3) is 0 Å². The zero-order valence-corrected chi connectivity index (χ0v) is 14.0. The number of para-hydroxylation sites is 2. The van der Waals surface area contributed by atoms with Crippen LogP contribution in [0, 0.1) is 0 Å². The summed E-state index contributed by atoms with van der Waals surface area (Å²) in [6.45, 7) is 0.330. The smallest absolute Gasteiger partial charge is 0.317 e. The van der Waals surface area contributed by atoms with Crippen LogP contribution in [-0.4, -0.2) is 21.6 Å². The van der Waals surface area contributed by atoms with Crippen molar-refractivity contribution in [3.8, 4) is 0 Å². The van der Waals surface area contributed by atoms with Gasteiger partial charge in [-0.3, -0.25) is 19.0 Å². The Hall–Kier alpha value is -2.67. The highest BCUT2D eigenvalue weighted by atomic mass is 32.1. The molecule has 124 valence electrons. The molecular formula is C17H17N3O3S. The maximum Gasteiger partial charge on any atom is 0.317 e. The average Bonchev–Trinajstić information content (AvgIpc) is 3.10. The van der Waals surface area contributed by atoms with Crippen LogP contribution in [0.5, 0.6) is 0 Å². The Kier molecular flexibility index (Phi) is 4.61. The summed E-state index contributed by atoms with van der Waals surface area (Å²) in [6, 6.07) is 11.0. The maximum atomic E-state index is 12.3. The number of amides is 1. The highest BCUT2D eigenvalue weighted by Gasteiger charge is 2.13. The normalized spacial score (nSPS) is 10.9. The van der Waals surface area contributed by atoms with E-state index in [0.29, 0.717) is 17.6 Å². The zero-order valence-electron chi connectivity index (χ0n) is 13.2. The van der Waals surface area contributed by atoms with Crippen molar-refractivity contribution in [3.05, 3.63) is 67.4 Å². The average molecular weight is 343 g/mol. The summed E-state index contributed by atoms with van der Waals surface area (Å²) >= 11 is 1.64. The molecule has 0 aliphatic carbocycles. The molecule has 0 atom stereocenters. The summed E-state index contributed by atoms with van der Waals surface area (Å²) in [7, 11) is 1.55. The van der Waals surface area contributed by atoms with Crippen LogP contribution in [0.15, 0.2) is 51.4 Å². The number of carbonyl (C=O) groups excluding carboxylic acids is 1. The molecule has 2 heterocycles. The third-order valence-electron chi connectivity index (χ3n) is 3.84. The molecule has 0 aliphatic rings. The van der Waals surface area contributed by atoms with E-state index in [0.717, 1.165) is 6.42 Å². The fourth-order valence-electron chi connectivity index (χ4n) is 2.59. The fourth-order valence-corrected chi connectivity index (χ4v) is 3.30. The lowest BCUT2D eigenvalue weighted by Gasteiger charge is -2.12. The van der Waals surface area contributed by atoms with Crippen molar-refractivity contribution in [1.82, 2.24) is 14.5 Å². The third-order valence-corrected chi connectivity index (χ3v) is 4.78. The number of nitrogens with zero attached hydrogens (tertiary/aromatic N) is 2. The van der Waals surface area contributed by atoms with Crippen LogP contribution in [0.2, 0.25) is 0 Å². The van der Waals surface area contributed by atoms with E-state index >= 15 is 0 Å². The molecule has 0 saturated carbocycles. The Morgan fingerprint density at radius 3 is 2.54 bits per heavy atom. The molecule has 0 unspecified atom stereocenters. The van der Waals surface area contributed by atoms with E-state index in [1.807, 2.05) is 17.5 Å². The minimum atomic E-state index is -0.690. The van der Waals surface area contributed by atoms with Gasteiger partial charge in [-0.25, -0.2) is 0 Å². The minimum Gasteiger partial charge on any atom is -0.354 e. The number of aryl methyl sites for hydroxylation is 1. The molecule has 24 heavy (non-hydrogen) atoms. The summed E-state index contributed by atoms with van der Waals surface area (Å²) in [5.74, 6) is -0.285. The molecule has 0 radical (unpaired) electrons. The molecule has 3 rings (SSSR count). The van der Waals surface area contributed by atoms with E-state index in [2.05, 4.69) is 5.32 Å². The van der Waals surface area contributed by atoms with Crippen LogP contribution in [-0.2, 0) is 24.8 Å². The Morgan fingerprint density at radius 1 is 1.08 bits per heavy atom. The first-order valence-electron chi connectivity index (χ1n) is 7.55. The quantitative estimate of drug-likeness (QED) is 0.706. The van der Waals surface area contributed by atoms with Gasteiger partial charge in [-0.15, -0.1) is 11.3 Å². The number of fused-ring (bicyclic) bond motifs is 1. The van der Waals surface area contributed by atoms with Crippen LogP contribution in [0.3, 0.4) is 0 Å². The van der Waals surface area contributed by atoms with Crippen molar-refractivity contribution in [1.29, 1.82) is 0 Å². The van der Waals surface area contributed by atoms with Gasteiger partial charge in [-0.2, -0.15) is 0 Å². The lowest BCUT2D eigenvalue weighted by molar-refractivity contribution is -0.121. The van der Waals surface area contributed by atoms with Gasteiger partial charge >= 0.3 is 11.1 Å². The second-order valence-corrected chi connectivity index (χ2v) is 6.46. The topological polar surface area (TPSA) is 73.1 Å². The molecule has 0 fully saturated rings. The van der Waals surface area contributed by atoms with Crippen molar-refractivity contribution in [2.75, 3.05) is 6.54 Å². The van der Waals surface area contributed by atoms with Gasteiger partial charge < -0.3 is 9.88 Å². The first-order chi connectivity index (χ1) is 11.6. The molecule has 1 aromatic carbocycles. The van der Waals surface area contributed by atoms with Crippen molar-refractivity contribution < 1.29 is 4.79 Å². The molecule has 3 aromatic rings. The Balaban J connectivity index is 1.81. The minimum absolute atomic E-state index is 0.167.